The van der Waals surface area contributed by atoms with Crippen LogP contribution in [0.25, 0.3) is 0 Å². The molecule has 3 heteroatoms. The number of ether oxygens (including phenoxy) is 1. The molecule has 0 saturated heterocycles. The topological polar surface area (TPSA) is 24.5 Å². The molecule has 0 aliphatic heterocycles. The lowest BCUT2D eigenvalue weighted by Crippen LogP contribution is -2.37. The van der Waals surface area contributed by atoms with Crippen LogP contribution in [0.3, 0.4) is 0 Å². The molecule has 0 amide bonds. The highest BCUT2D eigenvalue weighted by Gasteiger charge is 2.17. The van der Waals surface area contributed by atoms with Gasteiger partial charge in [0.1, 0.15) is 0 Å². The SMILES string of the molecule is COCc1cccc(CNCC(C)(C)CN(C)C)c1. The van der Waals surface area contributed by atoms with Gasteiger partial charge in [0.25, 0.3) is 0 Å². The van der Waals surface area contributed by atoms with Gasteiger partial charge in [-0.25, -0.2) is 0 Å². The second kappa shape index (κ2) is 7.63. The van der Waals surface area contributed by atoms with Crippen LogP contribution in [0.15, 0.2) is 24.3 Å². The zero-order valence-corrected chi connectivity index (χ0v) is 13.0. The smallest absolute Gasteiger partial charge is 0.0713 e. The summed E-state index contributed by atoms with van der Waals surface area (Å²) < 4.78 is 5.16. The summed E-state index contributed by atoms with van der Waals surface area (Å²) in [7, 11) is 5.97. The molecule has 0 saturated carbocycles. The molecule has 19 heavy (non-hydrogen) atoms. The Morgan fingerprint density at radius 2 is 1.89 bits per heavy atom. The van der Waals surface area contributed by atoms with Gasteiger partial charge in [-0.1, -0.05) is 38.1 Å². The molecule has 0 radical (unpaired) electrons. The van der Waals surface area contributed by atoms with Gasteiger partial charge in [0.2, 0.25) is 0 Å². The summed E-state index contributed by atoms with van der Waals surface area (Å²) >= 11 is 0. The normalized spacial score (nSPS) is 12.1. The molecule has 0 aliphatic rings. The molecular weight excluding hydrogens is 236 g/mol. The van der Waals surface area contributed by atoms with E-state index in [2.05, 4.69) is 62.4 Å². The first-order valence-corrected chi connectivity index (χ1v) is 6.85. The highest BCUT2D eigenvalue weighted by molar-refractivity contribution is 5.22. The van der Waals surface area contributed by atoms with Crippen molar-refractivity contribution < 1.29 is 4.74 Å². The molecule has 3 nitrogen and oxygen atoms in total. The van der Waals surface area contributed by atoms with E-state index in [0.717, 1.165) is 19.6 Å². The third-order valence-corrected chi connectivity index (χ3v) is 2.98. The minimum atomic E-state index is 0.285. The van der Waals surface area contributed by atoms with Crippen LogP contribution in [0.5, 0.6) is 0 Å². The van der Waals surface area contributed by atoms with Gasteiger partial charge in [-0.05, 0) is 30.6 Å². The standard InChI is InChI=1S/C16H28N2O/c1-16(2,13-18(3)4)12-17-10-14-7-6-8-15(9-14)11-19-5/h6-9,17H,10-13H2,1-5H3. The number of hydrogen-bond donors (Lipinski definition) is 1. The molecule has 1 N–H and O–H groups in total. The summed E-state index contributed by atoms with van der Waals surface area (Å²) in [5.74, 6) is 0. The summed E-state index contributed by atoms with van der Waals surface area (Å²) in [4.78, 5) is 2.24. The highest BCUT2D eigenvalue weighted by atomic mass is 16.5. The Hall–Kier alpha value is -0.900. The summed E-state index contributed by atoms with van der Waals surface area (Å²) in [5.41, 5.74) is 2.83. The zero-order chi connectivity index (χ0) is 14.3. The second-order valence-electron chi connectivity index (χ2n) is 6.26. The van der Waals surface area contributed by atoms with Crippen LogP contribution >= 0.6 is 0 Å². The predicted octanol–water partition coefficient (Wildman–Crippen LogP) is 2.51. The zero-order valence-electron chi connectivity index (χ0n) is 13.0. The minimum absolute atomic E-state index is 0.285. The first-order valence-electron chi connectivity index (χ1n) is 6.85. The van der Waals surface area contributed by atoms with Gasteiger partial charge >= 0.3 is 0 Å². The Bertz CT molecular complexity index is 375. The maximum Gasteiger partial charge on any atom is 0.0713 e. The fraction of sp³-hybridized carbons (Fsp3) is 0.625. The van der Waals surface area contributed by atoms with E-state index < -0.39 is 0 Å². The van der Waals surface area contributed by atoms with Gasteiger partial charge in [0.05, 0.1) is 6.61 Å². The molecule has 0 unspecified atom stereocenters. The van der Waals surface area contributed by atoms with Crippen LogP contribution in [0.4, 0.5) is 0 Å². The van der Waals surface area contributed by atoms with Crippen molar-refractivity contribution in [1.82, 2.24) is 10.2 Å². The van der Waals surface area contributed by atoms with Gasteiger partial charge in [-0.2, -0.15) is 0 Å². The molecule has 1 aromatic carbocycles. The Labute approximate surface area is 118 Å². The van der Waals surface area contributed by atoms with Gasteiger partial charge in [-0.15, -0.1) is 0 Å². The Kier molecular flexibility index (Phi) is 6.49. The van der Waals surface area contributed by atoms with Crippen LogP contribution < -0.4 is 5.32 Å². The van der Waals surface area contributed by atoms with Crippen molar-refractivity contribution in [3.05, 3.63) is 35.4 Å². The first-order chi connectivity index (χ1) is 8.93. The first kappa shape index (κ1) is 16.2. The summed E-state index contributed by atoms with van der Waals surface area (Å²) in [6.45, 7) is 8.28. The summed E-state index contributed by atoms with van der Waals surface area (Å²) in [6, 6.07) is 8.56. The molecule has 0 aromatic heterocycles. The third-order valence-electron chi connectivity index (χ3n) is 2.98. The van der Waals surface area contributed by atoms with Crippen molar-refractivity contribution in [2.24, 2.45) is 5.41 Å². The van der Waals surface area contributed by atoms with E-state index in [9.17, 15) is 0 Å². The monoisotopic (exact) mass is 264 g/mol. The fourth-order valence-electron chi connectivity index (χ4n) is 2.45. The third kappa shape index (κ3) is 6.71. The van der Waals surface area contributed by atoms with E-state index in [4.69, 9.17) is 4.74 Å². The summed E-state index contributed by atoms with van der Waals surface area (Å²) in [6.07, 6.45) is 0. The Morgan fingerprint density at radius 3 is 2.53 bits per heavy atom. The minimum Gasteiger partial charge on any atom is -0.380 e. The predicted molar refractivity (Wildman–Crippen MR) is 81.2 cm³/mol. The lowest BCUT2D eigenvalue weighted by atomic mass is 9.93. The van der Waals surface area contributed by atoms with Gasteiger partial charge < -0.3 is 15.0 Å². The van der Waals surface area contributed by atoms with Gasteiger partial charge in [0, 0.05) is 26.7 Å². The number of benzene rings is 1. The number of nitrogens with one attached hydrogen (secondary N) is 1. The Balaban J connectivity index is 2.42. The molecule has 0 heterocycles. The molecule has 0 bridgehead atoms. The van der Waals surface area contributed by atoms with E-state index in [-0.39, 0.29) is 5.41 Å². The molecule has 0 fully saturated rings. The summed E-state index contributed by atoms with van der Waals surface area (Å²) in [5, 5.41) is 3.55. The highest BCUT2D eigenvalue weighted by Crippen LogP contribution is 2.14. The van der Waals surface area contributed by atoms with Crippen molar-refractivity contribution in [3.8, 4) is 0 Å². The lowest BCUT2D eigenvalue weighted by molar-refractivity contribution is 0.185. The van der Waals surface area contributed by atoms with Crippen molar-refractivity contribution in [3.63, 3.8) is 0 Å². The molecule has 1 aromatic rings. The molecule has 0 aliphatic carbocycles. The van der Waals surface area contributed by atoms with E-state index in [0.29, 0.717) is 6.61 Å². The molecular formula is C16H28N2O. The second-order valence-corrected chi connectivity index (χ2v) is 6.26. The number of rotatable bonds is 8. The van der Waals surface area contributed by atoms with Crippen LogP contribution in [-0.4, -0.2) is 39.2 Å². The van der Waals surface area contributed by atoms with E-state index in [1.54, 1.807) is 7.11 Å². The van der Waals surface area contributed by atoms with Crippen LogP contribution in [0.1, 0.15) is 25.0 Å². The van der Waals surface area contributed by atoms with Gasteiger partial charge in [0.15, 0.2) is 0 Å². The molecule has 108 valence electrons. The quantitative estimate of drug-likeness (QED) is 0.781. The largest absolute Gasteiger partial charge is 0.380 e. The Morgan fingerprint density at radius 1 is 1.21 bits per heavy atom. The average Bonchev–Trinajstić information content (AvgIpc) is 2.27. The van der Waals surface area contributed by atoms with Crippen LogP contribution in [-0.2, 0) is 17.9 Å². The lowest BCUT2D eigenvalue weighted by Gasteiger charge is -2.28. The van der Waals surface area contributed by atoms with Crippen LogP contribution in [0.2, 0.25) is 0 Å². The van der Waals surface area contributed by atoms with E-state index in [1.807, 2.05) is 0 Å². The molecule has 0 spiro atoms. The fourth-order valence-corrected chi connectivity index (χ4v) is 2.45. The molecule has 1 rings (SSSR count). The maximum absolute atomic E-state index is 5.16. The van der Waals surface area contributed by atoms with Crippen molar-refractivity contribution in [1.29, 1.82) is 0 Å². The van der Waals surface area contributed by atoms with E-state index in [1.165, 1.54) is 11.1 Å². The number of nitrogens with zero attached hydrogens (tertiary/aromatic N) is 1. The van der Waals surface area contributed by atoms with Crippen molar-refractivity contribution in [2.45, 2.75) is 27.0 Å². The number of hydrogen-bond acceptors (Lipinski definition) is 3. The van der Waals surface area contributed by atoms with E-state index >= 15 is 0 Å². The van der Waals surface area contributed by atoms with Crippen LogP contribution in [0, 0.1) is 5.41 Å². The van der Waals surface area contributed by atoms with Gasteiger partial charge in [-0.3, -0.25) is 0 Å². The number of methoxy groups -OCH3 is 1. The average molecular weight is 264 g/mol. The molecule has 0 atom stereocenters. The van der Waals surface area contributed by atoms with Crippen molar-refractivity contribution in [2.75, 3.05) is 34.3 Å². The van der Waals surface area contributed by atoms with Crippen molar-refractivity contribution >= 4 is 0 Å². The maximum atomic E-state index is 5.16.